The molecule has 0 saturated heterocycles. The molecule has 1 unspecified atom stereocenters. The van der Waals surface area contributed by atoms with Crippen molar-refractivity contribution in [3.8, 4) is 0 Å². The van der Waals surface area contributed by atoms with E-state index in [0.717, 1.165) is 17.4 Å². The van der Waals surface area contributed by atoms with Gasteiger partial charge in [-0.3, -0.25) is 9.69 Å². The predicted octanol–water partition coefficient (Wildman–Crippen LogP) is 2.88. The van der Waals surface area contributed by atoms with Gasteiger partial charge in [0, 0.05) is 11.0 Å². The molecule has 0 fully saturated rings. The molecule has 0 radical (unpaired) electrons. The summed E-state index contributed by atoms with van der Waals surface area (Å²) in [4.78, 5) is 13.6. The molecule has 0 spiro atoms. The lowest BCUT2D eigenvalue weighted by Gasteiger charge is -2.22. The molecule has 0 aromatic heterocycles. The zero-order valence-corrected chi connectivity index (χ0v) is 12.7. The van der Waals surface area contributed by atoms with Crippen LogP contribution in [0, 0.1) is 0 Å². The summed E-state index contributed by atoms with van der Waals surface area (Å²) in [5.74, 6) is -0.157. The highest BCUT2D eigenvalue weighted by molar-refractivity contribution is 9.10. The summed E-state index contributed by atoms with van der Waals surface area (Å²) >= 11 is 3.41. The normalized spacial score (nSPS) is 12.5. The van der Waals surface area contributed by atoms with Crippen LogP contribution in [0.15, 0.2) is 28.7 Å². The van der Waals surface area contributed by atoms with Crippen LogP contribution in [0.25, 0.3) is 0 Å². The molecule has 1 aromatic carbocycles. The van der Waals surface area contributed by atoms with E-state index in [1.165, 1.54) is 5.56 Å². The fraction of sp³-hybridized carbons (Fsp3) is 0.500. The first-order chi connectivity index (χ1) is 8.54. The monoisotopic (exact) mass is 313 g/mol. The average molecular weight is 314 g/mol. The molecule has 1 atom stereocenters. The van der Waals surface area contributed by atoms with E-state index in [1.54, 1.807) is 0 Å². The highest BCUT2D eigenvalue weighted by Crippen LogP contribution is 2.11. The molecule has 0 saturated carbocycles. The van der Waals surface area contributed by atoms with Crippen LogP contribution in [0.4, 0.5) is 0 Å². The van der Waals surface area contributed by atoms with E-state index in [9.17, 15) is 4.79 Å². The Hall–Kier alpha value is -0.870. The van der Waals surface area contributed by atoms with Crippen molar-refractivity contribution in [3.05, 3.63) is 34.3 Å². The number of hydrogen-bond acceptors (Lipinski definition) is 3. The molecule has 0 N–H and O–H groups in total. The quantitative estimate of drug-likeness (QED) is 0.756. The minimum atomic E-state index is -0.194. The summed E-state index contributed by atoms with van der Waals surface area (Å²) in [5.41, 5.74) is 1.26. The van der Waals surface area contributed by atoms with Crippen molar-refractivity contribution < 1.29 is 9.53 Å². The van der Waals surface area contributed by atoms with Crippen molar-refractivity contribution in [3.63, 3.8) is 0 Å². The van der Waals surface area contributed by atoms with E-state index in [-0.39, 0.29) is 12.0 Å². The minimum absolute atomic E-state index is 0.157. The van der Waals surface area contributed by atoms with E-state index in [1.807, 2.05) is 37.9 Å². The summed E-state index contributed by atoms with van der Waals surface area (Å²) in [6.07, 6.45) is 0.924. The van der Waals surface area contributed by atoms with E-state index in [4.69, 9.17) is 4.74 Å². The molecule has 0 bridgehead atoms. The molecule has 1 rings (SSSR count). The van der Waals surface area contributed by atoms with Gasteiger partial charge in [0.25, 0.3) is 0 Å². The topological polar surface area (TPSA) is 29.5 Å². The summed E-state index contributed by atoms with van der Waals surface area (Å²) < 4.78 is 6.09. The number of nitrogens with zero attached hydrogens (tertiary/aromatic N) is 1. The lowest BCUT2D eigenvalue weighted by molar-refractivity contribution is -0.148. The Kier molecular flexibility index (Phi) is 6.36. The third kappa shape index (κ3) is 4.78. The number of hydrogen-bond donors (Lipinski definition) is 0. The Bertz CT molecular complexity index is 378. The first-order valence-electron chi connectivity index (χ1n) is 6.16. The molecular formula is C14H20BrNO2. The van der Waals surface area contributed by atoms with Gasteiger partial charge in [-0.25, -0.2) is 0 Å². The van der Waals surface area contributed by atoms with Gasteiger partial charge in [-0.2, -0.15) is 0 Å². The van der Waals surface area contributed by atoms with Crippen LogP contribution >= 0.6 is 15.9 Å². The van der Waals surface area contributed by atoms with Crippen LogP contribution in [-0.4, -0.2) is 37.1 Å². The highest BCUT2D eigenvalue weighted by atomic mass is 79.9. The van der Waals surface area contributed by atoms with Gasteiger partial charge in [0.1, 0.15) is 6.04 Å². The van der Waals surface area contributed by atoms with E-state index in [2.05, 4.69) is 28.1 Å². The van der Waals surface area contributed by atoms with Crippen molar-refractivity contribution in [2.75, 3.05) is 20.2 Å². The third-order valence-corrected chi connectivity index (χ3v) is 3.48. The Morgan fingerprint density at radius 2 is 2.00 bits per heavy atom. The van der Waals surface area contributed by atoms with Gasteiger partial charge in [0.15, 0.2) is 0 Å². The highest BCUT2D eigenvalue weighted by Gasteiger charge is 2.18. The summed E-state index contributed by atoms with van der Waals surface area (Å²) in [7, 11) is 1.94. The summed E-state index contributed by atoms with van der Waals surface area (Å²) in [5, 5.41) is 0. The second-order valence-corrected chi connectivity index (χ2v) is 5.20. The van der Waals surface area contributed by atoms with Gasteiger partial charge in [-0.05, 0) is 45.0 Å². The van der Waals surface area contributed by atoms with Crippen molar-refractivity contribution >= 4 is 21.9 Å². The van der Waals surface area contributed by atoms with Gasteiger partial charge in [-0.1, -0.05) is 28.1 Å². The van der Waals surface area contributed by atoms with Crippen molar-refractivity contribution in [2.24, 2.45) is 0 Å². The average Bonchev–Trinajstić information content (AvgIpc) is 2.37. The molecule has 4 heteroatoms. The first kappa shape index (κ1) is 15.2. The van der Waals surface area contributed by atoms with Crippen molar-refractivity contribution in [1.82, 2.24) is 4.90 Å². The second kappa shape index (κ2) is 7.54. The molecule has 18 heavy (non-hydrogen) atoms. The lowest BCUT2D eigenvalue weighted by atomic mass is 10.1. The summed E-state index contributed by atoms with van der Waals surface area (Å²) in [6, 6.07) is 8.05. The van der Waals surface area contributed by atoms with Crippen LogP contribution in [0.3, 0.4) is 0 Å². The van der Waals surface area contributed by atoms with E-state index in [0.29, 0.717) is 6.61 Å². The standard InChI is InChI=1S/C14H20BrNO2/c1-4-18-14(17)11(2)16(3)10-9-12-5-7-13(15)8-6-12/h5-8,11H,4,9-10H2,1-3H3. The first-order valence-corrected chi connectivity index (χ1v) is 6.95. The molecule has 0 aliphatic rings. The molecule has 1 aromatic rings. The molecule has 0 heterocycles. The Balaban J connectivity index is 2.42. The zero-order chi connectivity index (χ0) is 13.5. The number of carbonyl (C=O) groups excluding carboxylic acids is 1. The van der Waals surface area contributed by atoms with Gasteiger partial charge in [0.2, 0.25) is 0 Å². The minimum Gasteiger partial charge on any atom is -0.465 e. The zero-order valence-electron chi connectivity index (χ0n) is 11.1. The van der Waals surface area contributed by atoms with Crippen LogP contribution in [0.2, 0.25) is 0 Å². The van der Waals surface area contributed by atoms with Crippen molar-refractivity contribution in [1.29, 1.82) is 0 Å². The maximum Gasteiger partial charge on any atom is 0.323 e. The van der Waals surface area contributed by atoms with E-state index < -0.39 is 0 Å². The predicted molar refractivity (Wildman–Crippen MR) is 76.6 cm³/mol. The second-order valence-electron chi connectivity index (χ2n) is 4.29. The molecule has 100 valence electrons. The fourth-order valence-corrected chi connectivity index (χ4v) is 1.86. The number of carbonyl (C=O) groups is 1. The van der Waals surface area contributed by atoms with Crippen LogP contribution in [-0.2, 0) is 16.0 Å². The van der Waals surface area contributed by atoms with Gasteiger partial charge < -0.3 is 4.74 Å². The molecule has 0 amide bonds. The number of likely N-dealkylation sites (N-methyl/N-ethyl adjacent to an activating group) is 1. The Labute approximate surface area is 117 Å². The lowest BCUT2D eigenvalue weighted by Crippen LogP contribution is -2.38. The van der Waals surface area contributed by atoms with Gasteiger partial charge in [0.05, 0.1) is 6.61 Å². The van der Waals surface area contributed by atoms with Gasteiger partial charge in [-0.15, -0.1) is 0 Å². The maximum absolute atomic E-state index is 11.6. The number of esters is 1. The molecule has 0 aliphatic heterocycles. The number of benzene rings is 1. The van der Waals surface area contributed by atoms with Crippen LogP contribution in [0.1, 0.15) is 19.4 Å². The largest absolute Gasteiger partial charge is 0.465 e. The van der Waals surface area contributed by atoms with E-state index >= 15 is 0 Å². The number of rotatable bonds is 6. The summed E-state index contributed by atoms with van der Waals surface area (Å²) in [6.45, 7) is 4.97. The Morgan fingerprint density at radius 3 is 2.56 bits per heavy atom. The maximum atomic E-state index is 11.6. The molecule has 0 aliphatic carbocycles. The fourth-order valence-electron chi connectivity index (χ4n) is 1.59. The van der Waals surface area contributed by atoms with Gasteiger partial charge >= 0.3 is 5.97 Å². The third-order valence-electron chi connectivity index (χ3n) is 2.96. The van der Waals surface area contributed by atoms with Crippen LogP contribution < -0.4 is 0 Å². The number of ether oxygens (including phenoxy) is 1. The smallest absolute Gasteiger partial charge is 0.323 e. The van der Waals surface area contributed by atoms with Crippen LogP contribution in [0.5, 0.6) is 0 Å². The Morgan fingerprint density at radius 1 is 1.39 bits per heavy atom. The number of halogens is 1. The molecular weight excluding hydrogens is 294 g/mol. The molecule has 3 nitrogen and oxygen atoms in total. The van der Waals surface area contributed by atoms with Crippen molar-refractivity contribution in [2.45, 2.75) is 26.3 Å². The SMILES string of the molecule is CCOC(=O)C(C)N(C)CCc1ccc(Br)cc1.